The fraction of sp³-hybridized carbons (Fsp3) is 0. The highest BCUT2D eigenvalue weighted by Gasteiger charge is 2.13. The van der Waals surface area contributed by atoms with Gasteiger partial charge in [0.15, 0.2) is 5.75 Å². The second kappa shape index (κ2) is 2.44. The molecule has 66 valence electrons. The Bertz CT molecular complexity index is 476. The minimum absolute atomic E-state index is 0.158. The molecule has 0 aliphatic rings. The van der Waals surface area contributed by atoms with Crippen molar-refractivity contribution in [2.24, 2.45) is 0 Å². The van der Waals surface area contributed by atoms with Crippen molar-refractivity contribution in [3.8, 4) is 5.75 Å². The number of benzene rings is 1. The van der Waals surface area contributed by atoms with Crippen LogP contribution in [0.1, 0.15) is 0 Å². The normalized spacial score (nSPS) is 10.5. The van der Waals surface area contributed by atoms with Crippen LogP contribution in [0.2, 0.25) is 0 Å². The molecule has 2 aromatic rings. The van der Waals surface area contributed by atoms with Crippen LogP contribution in [-0.4, -0.2) is 15.2 Å². The second-order valence-corrected chi connectivity index (χ2v) is 2.47. The number of aromatic hydroxyl groups is 1. The first-order valence-electron chi connectivity index (χ1n) is 3.40. The van der Waals surface area contributed by atoms with Crippen LogP contribution in [0.25, 0.3) is 11.0 Å². The third-order valence-corrected chi connectivity index (χ3v) is 1.63. The quantitative estimate of drug-likeness (QED) is 0.529. The van der Waals surface area contributed by atoms with Gasteiger partial charge in [-0.15, -0.1) is 0 Å². The van der Waals surface area contributed by atoms with Crippen LogP contribution in [0.3, 0.4) is 0 Å². The number of rotatable bonds is 1. The molecule has 0 aliphatic heterocycles. The van der Waals surface area contributed by atoms with E-state index in [9.17, 15) is 15.2 Å². The van der Waals surface area contributed by atoms with Crippen molar-refractivity contribution in [3.63, 3.8) is 0 Å². The molecule has 0 saturated heterocycles. The molecule has 0 spiro atoms. The fourth-order valence-corrected chi connectivity index (χ4v) is 1.06. The number of nitrogens with zero attached hydrogens (tertiary/aromatic N) is 2. The van der Waals surface area contributed by atoms with E-state index in [0.717, 1.165) is 6.07 Å². The van der Waals surface area contributed by atoms with Crippen LogP contribution < -0.4 is 0 Å². The maximum Gasteiger partial charge on any atom is 0.274 e. The summed E-state index contributed by atoms with van der Waals surface area (Å²) in [5.41, 5.74) is -0.0289. The number of non-ortho nitro benzene ring substituents is 1. The molecular formula is C7H4N2O4. The van der Waals surface area contributed by atoms with Crippen molar-refractivity contribution in [1.29, 1.82) is 0 Å². The maximum absolute atomic E-state index is 10.4. The molecule has 6 heteroatoms. The molecule has 2 rings (SSSR count). The highest BCUT2D eigenvalue weighted by atomic mass is 16.6. The molecule has 0 fully saturated rings. The first-order chi connectivity index (χ1) is 6.18. The molecule has 13 heavy (non-hydrogen) atoms. The van der Waals surface area contributed by atoms with Gasteiger partial charge in [-0.3, -0.25) is 10.1 Å². The zero-order chi connectivity index (χ0) is 9.42. The zero-order valence-corrected chi connectivity index (χ0v) is 6.30. The zero-order valence-electron chi connectivity index (χ0n) is 6.30. The van der Waals surface area contributed by atoms with Gasteiger partial charge in [-0.25, -0.2) is 0 Å². The Morgan fingerprint density at radius 1 is 1.54 bits per heavy atom. The second-order valence-electron chi connectivity index (χ2n) is 2.47. The van der Waals surface area contributed by atoms with E-state index in [0.29, 0.717) is 5.39 Å². The molecule has 0 bridgehead atoms. The van der Waals surface area contributed by atoms with E-state index in [-0.39, 0.29) is 17.0 Å². The van der Waals surface area contributed by atoms with Crippen LogP contribution in [-0.2, 0) is 0 Å². The third-order valence-electron chi connectivity index (χ3n) is 1.63. The number of phenolic OH excluding ortho intramolecular Hbond substituents is 1. The third kappa shape index (κ3) is 1.08. The van der Waals surface area contributed by atoms with E-state index >= 15 is 0 Å². The van der Waals surface area contributed by atoms with E-state index < -0.39 is 4.92 Å². The van der Waals surface area contributed by atoms with E-state index in [4.69, 9.17) is 0 Å². The molecule has 0 unspecified atom stereocenters. The Balaban J connectivity index is 2.77. The smallest absolute Gasteiger partial charge is 0.274 e. The Kier molecular flexibility index (Phi) is 1.42. The Morgan fingerprint density at radius 3 is 3.00 bits per heavy atom. The Hall–Kier alpha value is -2.11. The van der Waals surface area contributed by atoms with Gasteiger partial charge in [-0.05, 0) is 0 Å². The minimum atomic E-state index is -0.591. The lowest BCUT2D eigenvalue weighted by molar-refractivity contribution is -0.384. The average Bonchev–Trinajstić information content (AvgIpc) is 2.51. The molecule has 1 aromatic carbocycles. The Morgan fingerprint density at radius 2 is 2.31 bits per heavy atom. The minimum Gasteiger partial charge on any atom is -0.504 e. The summed E-state index contributed by atoms with van der Waals surface area (Å²) in [7, 11) is 0. The molecular weight excluding hydrogens is 176 g/mol. The van der Waals surface area contributed by atoms with E-state index in [1.54, 1.807) is 0 Å². The van der Waals surface area contributed by atoms with E-state index in [1.165, 1.54) is 12.3 Å². The van der Waals surface area contributed by atoms with Gasteiger partial charge in [0.25, 0.3) is 5.69 Å². The lowest BCUT2D eigenvalue weighted by Crippen LogP contribution is -1.86. The number of nitro benzene ring substituents is 1. The number of aromatic nitrogens is 1. The van der Waals surface area contributed by atoms with Crippen molar-refractivity contribution in [1.82, 2.24) is 5.16 Å². The van der Waals surface area contributed by atoms with E-state index in [1.807, 2.05) is 0 Å². The number of nitro groups is 1. The van der Waals surface area contributed by atoms with Crippen LogP contribution in [0.4, 0.5) is 5.69 Å². The number of hydrogen-bond donors (Lipinski definition) is 1. The van der Waals surface area contributed by atoms with Gasteiger partial charge < -0.3 is 9.63 Å². The molecule has 6 nitrogen and oxygen atoms in total. The van der Waals surface area contributed by atoms with Crippen LogP contribution in [0.5, 0.6) is 5.75 Å². The summed E-state index contributed by atoms with van der Waals surface area (Å²) in [5.74, 6) is -0.276. The van der Waals surface area contributed by atoms with Crippen molar-refractivity contribution < 1.29 is 14.6 Å². The molecule has 1 heterocycles. The van der Waals surface area contributed by atoms with Gasteiger partial charge in [-0.1, -0.05) is 5.16 Å². The molecule has 0 radical (unpaired) electrons. The van der Waals surface area contributed by atoms with E-state index in [2.05, 4.69) is 9.68 Å². The van der Waals surface area contributed by atoms with Gasteiger partial charge in [0.05, 0.1) is 22.6 Å². The predicted molar refractivity (Wildman–Crippen MR) is 42.3 cm³/mol. The highest BCUT2D eigenvalue weighted by Crippen LogP contribution is 2.29. The van der Waals surface area contributed by atoms with Crippen LogP contribution in [0.15, 0.2) is 22.9 Å². The largest absolute Gasteiger partial charge is 0.504 e. The standard InChI is InChI=1S/C7H4N2O4/c10-6-2-5(9(11)12)1-4-3-8-13-7(4)6/h1-3,10H. The topological polar surface area (TPSA) is 89.4 Å². The monoisotopic (exact) mass is 180 g/mol. The van der Waals surface area contributed by atoms with Crippen LogP contribution >= 0.6 is 0 Å². The molecule has 1 N–H and O–H groups in total. The fourth-order valence-electron chi connectivity index (χ4n) is 1.06. The summed E-state index contributed by atoms with van der Waals surface area (Å²) in [4.78, 5) is 9.77. The molecule has 0 amide bonds. The average molecular weight is 180 g/mol. The molecule has 0 atom stereocenters. The van der Waals surface area contributed by atoms with Gasteiger partial charge in [0, 0.05) is 6.07 Å². The first kappa shape index (κ1) is 7.53. The lowest BCUT2D eigenvalue weighted by atomic mass is 10.2. The lowest BCUT2D eigenvalue weighted by Gasteiger charge is -1.92. The molecule has 0 saturated carbocycles. The van der Waals surface area contributed by atoms with Crippen molar-refractivity contribution in [3.05, 3.63) is 28.4 Å². The van der Waals surface area contributed by atoms with Gasteiger partial charge >= 0.3 is 0 Å². The number of hydrogen-bond acceptors (Lipinski definition) is 5. The Labute approximate surface area is 71.5 Å². The van der Waals surface area contributed by atoms with Crippen molar-refractivity contribution in [2.45, 2.75) is 0 Å². The first-order valence-corrected chi connectivity index (χ1v) is 3.40. The van der Waals surface area contributed by atoms with Gasteiger partial charge in [0.1, 0.15) is 0 Å². The van der Waals surface area contributed by atoms with Gasteiger partial charge in [0.2, 0.25) is 5.58 Å². The van der Waals surface area contributed by atoms with Gasteiger partial charge in [-0.2, -0.15) is 0 Å². The van der Waals surface area contributed by atoms with Crippen LogP contribution in [0, 0.1) is 10.1 Å². The summed E-state index contributed by atoms with van der Waals surface area (Å²) in [6.07, 6.45) is 1.31. The predicted octanol–water partition coefficient (Wildman–Crippen LogP) is 1.44. The number of phenols is 1. The SMILES string of the molecule is O=[N+]([O-])c1cc(O)c2oncc2c1. The summed E-state index contributed by atoms with van der Waals surface area (Å²) in [6, 6.07) is 2.30. The molecule has 0 aliphatic carbocycles. The summed E-state index contributed by atoms with van der Waals surface area (Å²) >= 11 is 0. The maximum atomic E-state index is 10.4. The summed E-state index contributed by atoms with van der Waals surface area (Å²) < 4.78 is 4.66. The van der Waals surface area contributed by atoms with Crippen molar-refractivity contribution in [2.75, 3.05) is 0 Å². The van der Waals surface area contributed by atoms with Crippen molar-refractivity contribution >= 4 is 16.7 Å². The summed E-state index contributed by atoms with van der Waals surface area (Å²) in [6.45, 7) is 0. The summed E-state index contributed by atoms with van der Waals surface area (Å²) in [5, 5.41) is 23.4. The molecule has 1 aromatic heterocycles. The highest BCUT2D eigenvalue weighted by molar-refractivity contribution is 5.84. The number of fused-ring (bicyclic) bond motifs is 1.